The van der Waals surface area contributed by atoms with Crippen LogP contribution in [-0.2, 0) is 11.5 Å². The molecule has 0 heterocycles. The molecule has 2 heteroatoms. The SMILES string of the molecule is CCSCc1cc(CSC(C)C)cc(C(C)C)c1. The molecule has 0 aliphatic carbocycles. The van der Waals surface area contributed by atoms with Gasteiger partial charge < -0.3 is 0 Å². The van der Waals surface area contributed by atoms with Crippen molar-refractivity contribution in [3.8, 4) is 0 Å². The molecule has 0 radical (unpaired) electrons. The summed E-state index contributed by atoms with van der Waals surface area (Å²) in [7, 11) is 0. The summed E-state index contributed by atoms with van der Waals surface area (Å²) in [6, 6.07) is 7.17. The van der Waals surface area contributed by atoms with Gasteiger partial charge in [0, 0.05) is 11.5 Å². The van der Waals surface area contributed by atoms with Gasteiger partial charge in [-0.25, -0.2) is 0 Å². The zero-order chi connectivity index (χ0) is 13.5. The average molecular weight is 283 g/mol. The van der Waals surface area contributed by atoms with Crippen LogP contribution in [0.2, 0.25) is 0 Å². The fraction of sp³-hybridized carbons (Fsp3) is 0.625. The topological polar surface area (TPSA) is 0 Å². The van der Waals surface area contributed by atoms with E-state index in [2.05, 4.69) is 52.8 Å². The van der Waals surface area contributed by atoms with Gasteiger partial charge in [0.05, 0.1) is 0 Å². The van der Waals surface area contributed by atoms with Gasteiger partial charge in [0.25, 0.3) is 0 Å². The number of hydrogen-bond donors (Lipinski definition) is 0. The smallest absolute Gasteiger partial charge is 0.0187 e. The van der Waals surface area contributed by atoms with E-state index in [1.165, 1.54) is 22.4 Å². The summed E-state index contributed by atoms with van der Waals surface area (Å²) < 4.78 is 0. The lowest BCUT2D eigenvalue weighted by Gasteiger charge is -2.13. The summed E-state index contributed by atoms with van der Waals surface area (Å²) in [4.78, 5) is 0. The van der Waals surface area contributed by atoms with Gasteiger partial charge in [-0.1, -0.05) is 52.8 Å². The highest BCUT2D eigenvalue weighted by molar-refractivity contribution is 7.99. The first-order valence-corrected chi connectivity index (χ1v) is 9.05. The minimum absolute atomic E-state index is 0.624. The Morgan fingerprint density at radius 1 is 0.944 bits per heavy atom. The molecule has 1 aromatic carbocycles. The second-order valence-electron chi connectivity index (χ2n) is 5.23. The Hall–Kier alpha value is -0.0800. The van der Waals surface area contributed by atoms with Crippen molar-refractivity contribution in [2.75, 3.05) is 5.75 Å². The van der Waals surface area contributed by atoms with Crippen LogP contribution in [0.1, 0.15) is 57.2 Å². The zero-order valence-electron chi connectivity index (χ0n) is 12.3. The highest BCUT2D eigenvalue weighted by atomic mass is 32.2. The molecular weight excluding hydrogens is 256 g/mol. The van der Waals surface area contributed by atoms with Gasteiger partial charge in [-0.15, -0.1) is 0 Å². The van der Waals surface area contributed by atoms with Gasteiger partial charge in [0.15, 0.2) is 0 Å². The van der Waals surface area contributed by atoms with Crippen LogP contribution in [-0.4, -0.2) is 11.0 Å². The maximum Gasteiger partial charge on any atom is 0.0187 e. The lowest BCUT2D eigenvalue weighted by atomic mass is 9.99. The summed E-state index contributed by atoms with van der Waals surface area (Å²) in [6.07, 6.45) is 0. The molecular formula is C16H26S2. The van der Waals surface area contributed by atoms with E-state index in [0.717, 1.165) is 11.5 Å². The molecule has 0 N–H and O–H groups in total. The van der Waals surface area contributed by atoms with Crippen LogP contribution in [0.25, 0.3) is 0 Å². The Morgan fingerprint density at radius 3 is 2.06 bits per heavy atom. The van der Waals surface area contributed by atoms with Crippen molar-refractivity contribution in [3.05, 3.63) is 34.9 Å². The van der Waals surface area contributed by atoms with Crippen LogP contribution in [0.3, 0.4) is 0 Å². The van der Waals surface area contributed by atoms with Gasteiger partial charge in [0.1, 0.15) is 0 Å². The number of hydrogen-bond acceptors (Lipinski definition) is 2. The molecule has 0 unspecified atom stereocenters. The molecule has 0 saturated carbocycles. The lowest BCUT2D eigenvalue weighted by Crippen LogP contribution is -1.96. The Balaban J connectivity index is 2.83. The number of rotatable bonds is 7. The van der Waals surface area contributed by atoms with Gasteiger partial charge in [0.2, 0.25) is 0 Å². The third kappa shape index (κ3) is 5.71. The van der Waals surface area contributed by atoms with Crippen molar-refractivity contribution >= 4 is 23.5 Å². The van der Waals surface area contributed by atoms with Gasteiger partial charge >= 0.3 is 0 Å². The van der Waals surface area contributed by atoms with E-state index in [0.29, 0.717) is 11.2 Å². The van der Waals surface area contributed by atoms with Crippen LogP contribution in [0.15, 0.2) is 18.2 Å². The van der Waals surface area contributed by atoms with Crippen molar-refractivity contribution in [2.24, 2.45) is 0 Å². The van der Waals surface area contributed by atoms with E-state index in [1.54, 1.807) is 0 Å². The van der Waals surface area contributed by atoms with Gasteiger partial charge in [-0.05, 0) is 33.6 Å². The molecule has 0 amide bonds. The molecule has 0 atom stereocenters. The van der Waals surface area contributed by atoms with Crippen LogP contribution in [0.4, 0.5) is 0 Å². The van der Waals surface area contributed by atoms with Crippen molar-refractivity contribution < 1.29 is 0 Å². The molecule has 1 aromatic rings. The highest BCUT2D eigenvalue weighted by Gasteiger charge is 2.06. The average Bonchev–Trinajstić information content (AvgIpc) is 2.33. The fourth-order valence-electron chi connectivity index (χ4n) is 1.77. The lowest BCUT2D eigenvalue weighted by molar-refractivity contribution is 0.862. The van der Waals surface area contributed by atoms with Crippen molar-refractivity contribution in [3.63, 3.8) is 0 Å². The highest BCUT2D eigenvalue weighted by Crippen LogP contribution is 2.25. The van der Waals surface area contributed by atoms with Crippen molar-refractivity contribution in [1.82, 2.24) is 0 Å². The second-order valence-corrected chi connectivity index (χ2v) is 8.07. The molecule has 1 rings (SSSR count). The number of benzene rings is 1. The predicted molar refractivity (Wildman–Crippen MR) is 88.8 cm³/mol. The monoisotopic (exact) mass is 282 g/mol. The van der Waals surface area contributed by atoms with Crippen LogP contribution in [0.5, 0.6) is 0 Å². The predicted octanol–water partition coefficient (Wildman–Crippen LogP) is 5.70. The first kappa shape index (κ1) is 16.0. The summed E-state index contributed by atoms with van der Waals surface area (Å²) in [6.45, 7) is 11.3. The molecule has 0 nitrogen and oxygen atoms in total. The summed E-state index contributed by atoms with van der Waals surface area (Å²) in [5.74, 6) is 4.11. The summed E-state index contributed by atoms with van der Waals surface area (Å²) in [5, 5.41) is 0.709. The van der Waals surface area contributed by atoms with Crippen LogP contribution < -0.4 is 0 Å². The Morgan fingerprint density at radius 2 is 1.56 bits per heavy atom. The first-order chi connectivity index (χ1) is 8.52. The van der Waals surface area contributed by atoms with E-state index < -0.39 is 0 Å². The Bertz CT molecular complexity index is 356. The second kappa shape index (κ2) is 8.16. The minimum Gasteiger partial charge on any atom is -0.157 e. The van der Waals surface area contributed by atoms with Crippen LogP contribution in [0, 0.1) is 0 Å². The molecule has 0 aromatic heterocycles. The molecule has 0 saturated heterocycles. The largest absolute Gasteiger partial charge is 0.157 e. The molecule has 18 heavy (non-hydrogen) atoms. The normalized spacial score (nSPS) is 11.5. The standard InChI is InChI=1S/C16H26S2/c1-6-17-10-14-7-15(11-18-13(4)5)9-16(8-14)12(2)3/h7-9,12-13H,6,10-11H2,1-5H3. The fourth-order valence-corrected chi connectivity index (χ4v) is 3.07. The quantitative estimate of drug-likeness (QED) is 0.628. The van der Waals surface area contributed by atoms with Crippen LogP contribution >= 0.6 is 23.5 Å². The third-order valence-corrected chi connectivity index (χ3v) is 4.91. The maximum atomic E-state index is 2.39. The van der Waals surface area contributed by atoms with Gasteiger partial charge in [-0.2, -0.15) is 23.5 Å². The van der Waals surface area contributed by atoms with Gasteiger partial charge in [-0.3, -0.25) is 0 Å². The molecule has 0 aliphatic heterocycles. The van der Waals surface area contributed by atoms with Crippen molar-refractivity contribution in [1.29, 1.82) is 0 Å². The van der Waals surface area contributed by atoms with Crippen molar-refractivity contribution in [2.45, 2.75) is 57.3 Å². The summed E-state index contributed by atoms with van der Waals surface area (Å²) in [5.41, 5.74) is 4.47. The van der Waals surface area contributed by atoms with E-state index in [4.69, 9.17) is 0 Å². The molecule has 0 spiro atoms. The first-order valence-electron chi connectivity index (χ1n) is 6.85. The molecule has 102 valence electrons. The molecule has 0 fully saturated rings. The third-order valence-electron chi connectivity index (χ3n) is 2.80. The Kier molecular flexibility index (Phi) is 7.25. The minimum atomic E-state index is 0.624. The van der Waals surface area contributed by atoms with E-state index >= 15 is 0 Å². The summed E-state index contributed by atoms with van der Waals surface area (Å²) >= 11 is 4.04. The molecule has 0 aliphatic rings. The van der Waals surface area contributed by atoms with E-state index in [-0.39, 0.29) is 0 Å². The Labute approximate surface area is 121 Å². The number of thioether (sulfide) groups is 2. The maximum absolute atomic E-state index is 2.39. The van der Waals surface area contributed by atoms with E-state index in [1.807, 2.05) is 23.5 Å². The zero-order valence-corrected chi connectivity index (χ0v) is 14.0. The molecule has 0 bridgehead atoms. The van der Waals surface area contributed by atoms with E-state index in [9.17, 15) is 0 Å².